The molecule has 4 nitrogen and oxygen atoms in total. The van der Waals surface area contributed by atoms with E-state index < -0.39 is 0 Å². The van der Waals surface area contributed by atoms with E-state index in [9.17, 15) is 0 Å². The SMILES string of the molecule is CC(C)SCc1noc(CC2CCNC2)n1. The molecule has 0 aliphatic carbocycles. The highest BCUT2D eigenvalue weighted by Crippen LogP contribution is 2.17. The third kappa shape index (κ3) is 3.49. The second kappa shape index (κ2) is 5.68. The Morgan fingerprint density at radius 3 is 3.12 bits per heavy atom. The van der Waals surface area contributed by atoms with Crippen molar-refractivity contribution in [2.75, 3.05) is 13.1 Å². The fourth-order valence-corrected chi connectivity index (χ4v) is 2.41. The molecule has 1 aliphatic rings. The Bertz CT molecular complexity index is 321. The van der Waals surface area contributed by atoms with Gasteiger partial charge in [0.25, 0.3) is 0 Å². The van der Waals surface area contributed by atoms with Crippen molar-refractivity contribution in [2.24, 2.45) is 5.92 Å². The Morgan fingerprint density at radius 1 is 1.56 bits per heavy atom. The molecule has 16 heavy (non-hydrogen) atoms. The molecule has 0 bridgehead atoms. The lowest BCUT2D eigenvalue weighted by Gasteiger charge is -2.02. The van der Waals surface area contributed by atoms with Crippen LogP contribution in [0.15, 0.2) is 4.52 Å². The molecule has 5 heteroatoms. The molecule has 0 amide bonds. The minimum Gasteiger partial charge on any atom is -0.339 e. The van der Waals surface area contributed by atoms with Gasteiger partial charge in [0.2, 0.25) is 5.89 Å². The highest BCUT2D eigenvalue weighted by molar-refractivity contribution is 7.99. The molecule has 1 aliphatic heterocycles. The largest absolute Gasteiger partial charge is 0.339 e. The van der Waals surface area contributed by atoms with Crippen LogP contribution >= 0.6 is 11.8 Å². The van der Waals surface area contributed by atoms with E-state index in [0.717, 1.165) is 37.0 Å². The molecule has 0 aromatic carbocycles. The van der Waals surface area contributed by atoms with E-state index in [1.165, 1.54) is 6.42 Å². The fourth-order valence-electron chi connectivity index (χ4n) is 1.81. The van der Waals surface area contributed by atoms with Gasteiger partial charge in [0.1, 0.15) is 0 Å². The molecule has 0 radical (unpaired) electrons. The zero-order valence-electron chi connectivity index (χ0n) is 9.90. The lowest BCUT2D eigenvalue weighted by atomic mass is 10.1. The van der Waals surface area contributed by atoms with E-state index in [4.69, 9.17) is 4.52 Å². The Balaban J connectivity index is 1.81. The first kappa shape index (κ1) is 11.9. The highest BCUT2D eigenvalue weighted by Gasteiger charge is 2.18. The number of aromatic nitrogens is 2. The minimum atomic E-state index is 0.612. The van der Waals surface area contributed by atoms with Crippen molar-refractivity contribution in [1.29, 1.82) is 0 Å². The summed E-state index contributed by atoms with van der Waals surface area (Å²) < 4.78 is 5.26. The minimum absolute atomic E-state index is 0.612. The van der Waals surface area contributed by atoms with Gasteiger partial charge in [-0.05, 0) is 30.7 Å². The van der Waals surface area contributed by atoms with Gasteiger partial charge in [-0.15, -0.1) is 0 Å². The molecule has 1 saturated heterocycles. The highest BCUT2D eigenvalue weighted by atomic mass is 32.2. The van der Waals surface area contributed by atoms with Crippen molar-refractivity contribution in [1.82, 2.24) is 15.5 Å². The quantitative estimate of drug-likeness (QED) is 0.852. The van der Waals surface area contributed by atoms with Gasteiger partial charge in [0.15, 0.2) is 5.82 Å². The average molecular weight is 241 g/mol. The van der Waals surface area contributed by atoms with Crippen LogP contribution in [-0.4, -0.2) is 28.5 Å². The predicted octanol–water partition coefficient (Wildman–Crippen LogP) is 1.86. The van der Waals surface area contributed by atoms with E-state index in [2.05, 4.69) is 29.3 Å². The first-order chi connectivity index (χ1) is 7.74. The summed E-state index contributed by atoms with van der Waals surface area (Å²) in [6.07, 6.45) is 2.14. The maximum atomic E-state index is 5.26. The van der Waals surface area contributed by atoms with Gasteiger partial charge in [-0.2, -0.15) is 16.7 Å². The van der Waals surface area contributed by atoms with E-state index >= 15 is 0 Å². The molecular formula is C11H19N3OS. The number of nitrogens with zero attached hydrogens (tertiary/aromatic N) is 2. The molecule has 1 aromatic rings. The second-order valence-electron chi connectivity index (χ2n) is 4.53. The van der Waals surface area contributed by atoms with E-state index in [1.807, 2.05) is 11.8 Å². The number of hydrogen-bond donors (Lipinski definition) is 1. The summed E-state index contributed by atoms with van der Waals surface area (Å²) in [4.78, 5) is 4.42. The third-order valence-corrected chi connectivity index (χ3v) is 3.77. The number of rotatable bonds is 5. The molecule has 1 fully saturated rings. The van der Waals surface area contributed by atoms with Crippen molar-refractivity contribution in [3.05, 3.63) is 11.7 Å². The van der Waals surface area contributed by atoms with Crippen LogP contribution in [-0.2, 0) is 12.2 Å². The second-order valence-corrected chi connectivity index (χ2v) is 6.09. The molecule has 0 saturated carbocycles. The number of nitrogens with one attached hydrogen (secondary N) is 1. The summed E-state index contributed by atoms with van der Waals surface area (Å²) in [7, 11) is 0. The van der Waals surface area contributed by atoms with Crippen LogP contribution < -0.4 is 5.32 Å². The van der Waals surface area contributed by atoms with Gasteiger partial charge >= 0.3 is 0 Å². The average Bonchev–Trinajstić information content (AvgIpc) is 2.87. The topological polar surface area (TPSA) is 51.0 Å². The van der Waals surface area contributed by atoms with Crippen molar-refractivity contribution in [2.45, 2.75) is 37.7 Å². The van der Waals surface area contributed by atoms with Crippen molar-refractivity contribution >= 4 is 11.8 Å². The molecule has 2 rings (SSSR count). The number of thioether (sulfide) groups is 1. The normalized spacial score (nSPS) is 20.8. The van der Waals surface area contributed by atoms with Gasteiger partial charge in [0.05, 0.1) is 5.75 Å². The lowest BCUT2D eigenvalue weighted by molar-refractivity contribution is 0.354. The van der Waals surface area contributed by atoms with Crippen LogP contribution in [0.5, 0.6) is 0 Å². The summed E-state index contributed by atoms with van der Waals surface area (Å²) in [6.45, 7) is 6.55. The predicted molar refractivity (Wildman–Crippen MR) is 65.4 cm³/mol. The van der Waals surface area contributed by atoms with Crippen LogP contribution in [0, 0.1) is 5.92 Å². The van der Waals surface area contributed by atoms with E-state index in [-0.39, 0.29) is 0 Å². The van der Waals surface area contributed by atoms with Gasteiger partial charge in [-0.3, -0.25) is 0 Å². The third-order valence-electron chi connectivity index (χ3n) is 2.68. The Morgan fingerprint density at radius 2 is 2.44 bits per heavy atom. The summed E-state index contributed by atoms with van der Waals surface area (Å²) in [5, 5.41) is 7.96. The van der Waals surface area contributed by atoms with Crippen LogP contribution in [0.2, 0.25) is 0 Å². The molecule has 2 heterocycles. The van der Waals surface area contributed by atoms with Gasteiger partial charge in [0, 0.05) is 6.42 Å². The maximum Gasteiger partial charge on any atom is 0.226 e. The van der Waals surface area contributed by atoms with Crippen molar-refractivity contribution in [3.63, 3.8) is 0 Å². The maximum absolute atomic E-state index is 5.26. The first-order valence-electron chi connectivity index (χ1n) is 5.88. The smallest absolute Gasteiger partial charge is 0.226 e. The zero-order chi connectivity index (χ0) is 11.4. The van der Waals surface area contributed by atoms with Crippen LogP contribution in [0.25, 0.3) is 0 Å². The van der Waals surface area contributed by atoms with Crippen molar-refractivity contribution < 1.29 is 4.52 Å². The lowest BCUT2D eigenvalue weighted by Crippen LogP contribution is -2.10. The first-order valence-corrected chi connectivity index (χ1v) is 6.92. The molecule has 90 valence electrons. The summed E-state index contributed by atoms with van der Waals surface area (Å²) in [5.41, 5.74) is 0. The molecule has 1 unspecified atom stereocenters. The molecule has 0 spiro atoms. The fraction of sp³-hybridized carbons (Fsp3) is 0.818. The van der Waals surface area contributed by atoms with Gasteiger partial charge in [-0.25, -0.2) is 0 Å². The monoisotopic (exact) mass is 241 g/mol. The van der Waals surface area contributed by atoms with E-state index in [1.54, 1.807) is 0 Å². The summed E-state index contributed by atoms with van der Waals surface area (Å²) >= 11 is 1.84. The summed E-state index contributed by atoms with van der Waals surface area (Å²) in [6, 6.07) is 0. The molecule has 1 N–H and O–H groups in total. The number of hydrogen-bond acceptors (Lipinski definition) is 5. The van der Waals surface area contributed by atoms with Crippen LogP contribution in [0.3, 0.4) is 0 Å². The summed E-state index contributed by atoms with van der Waals surface area (Å²) in [5.74, 6) is 3.16. The molecular weight excluding hydrogens is 222 g/mol. The van der Waals surface area contributed by atoms with Crippen molar-refractivity contribution in [3.8, 4) is 0 Å². The molecule has 1 atom stereocenters. The van der Waals surface area contributed by atoms with Crippen LogP contribution in [0.1, 0.15) is 32.0 Å². The Kier molecular flexibility index (Phi) is 4.23. The molecule has 1 aromatic heterocycles. The van der Waals surface area contributed by atoms with Crippen LogP contribution in [0.4, 0.5) is 0 Å². The Labute approximate surface area is 101 Å². The Hall–Kier alpha value is -0.550. The zero-order valence-corrected chi connectivity index (χ0v) is 10.7. The van der Waals surface area contributed by atoms with E-state index in [0.29, 0.717) is 11.2 Å². The standard InChI is InChI=1S/C11H19N3OS/c1-8(2)16-7-10-13-11(15-14-10)5-9-3-4-12-6-9/h8-9,12H,3-7H2,1-2H3. The van der Waals surface area contributed by atoms with Gasteiger partial charge in [-0.1, -0.05) is 19.0 Å². The van der Waals surface area contributed by atoms with Gasteiger partial charge < -0.3 is 9.84 Å².